The number of rotatable bonds is 22. The molecule has 0 radical (unpaired) electrons. The summed E-state index contributed by atoms with van der Waals surface area (Å²) < 4.78 is 24.3. The topological polar surface area (TPSA) is 323 Å². The predicted molar refractivity (Wildman–Crippen MR) is 428 cm³/mol. The van der Waals surface area contributed by atoms with Crippen LogP contribution in [0, 0.1) is 18.8 Å². The summed E-state index contributed by atoms with van der Waals surface area (Å²) >= 11 is 0. The number of anilines is 1. The van der Waals surface area contributed by atoms with Gasteiger partial charge in [0.25, 0.3) is 5.97 Å². The number of carboxylic acid groups (broad SMARTS) is 2. The number of aliphatic hydroxyl groups excluding tert-OH is 2. The maximum atomic E-state index is 11.9. The summed E-state index contributed by atoms with van der Waals surface area (Å²) in [5.41, 5.74) is 9.47. The van der Waals surface area contributed by atoms with E-state index in [9.17, 15) is 33.6 Å². The fourth-order valence-corrected chi connectivity index (χ4v) is 7.34. The first-order valence-electron chi connectivity index (χ1n) is 31.4. The molecule has 3 unspecified atom stereocenters. The highest BCUT2D eigenvalue weighted by atomic mass is 16.5. The van der Waals surface area contributed by atoms with Gasteiger partial charge in [0, 0.05) is 117 Å². The number of aryl methyl sites for hydroxylation is 2. The molecule has 23 nitrogen and oxygen atoms in total. The number of carbonyl (C=O) groups is 8. The molecule has 0 aromatic heterocycles. The lowest BCUT2D eigenvalue weighted by molar-refractivity contribution is -0.143. The number of carbonyl (C=O) groups excluding carboxylic acids is 6. The van der Waals surface area contributed by atoms with E-state index in [1.54, 1.807) is 48.8 Å². The van der Waals surface area contributed by atoms with Crippen molar-refractivity contribution in [3.63, 3.8) is 0 Å². The Bertz CT molecular complexity index is 2080. The number of aliphatic carboxylic acids is 2. The molecule has 100 heavy (non-hydrogen) atoms. The van der Waals surface area contributed by atoms with E-state index in [1.807, 2.05) is 82.8 Å². The van der Waals surface area contributed by atoms with Gasteiger partial charge in [0.2, 0.25) is 23.6 Å². The van der Waals surface area contributed by atoms with E-state index in [-0.39, 0.29) is 124 Å². The standard InChI is InChI=1S/C14H19NO2.C10H14O2.C9H20N2O.C8H15N.C5H10N2O2.C5H10O2.C4H8O2.C3H6O2.2C3H8O.C2H4O2.11CH4/c1-11-4-5-12-6-7-14(16)15(13(12)10-11)8-3-9-17-2;1-3-12-8-9-5-4-6-10(7-9)11-2;1-5-9(12)11(6-2)8-7-10(3)4;1-6-4-7-2-3-8(6)9-5-7;1-2-5(9)7-3-4(6)8;1-3-5(6)7-4-2;1-3-6-4(2)5;1-2-3(4)5;2*1-2-3-4;1-2(3)4;;;;;;;;;;;/h4-5,10H,3,6-9H2,1-2H3;4-7H,3,8H2,1-2H3;5-8H2,1-4H3;6-9H,2-5H2,1H3;2-3H2,1H3,(H2,6,8)(H,7,9);3-4H2,1-2H3;3H2,1-2H3;2H2,1H3,(H,4,5);2*4H,2-3H2,1H3;1H3,(H,3,4);11*1H4. The summed E-state index contributed by atoms with van der Waals surface area (Å²) in [6.07, 6.45) is 10.2. The molecule has 4 amide bonds. The number of benzene rings is 2. The van der Waals surface area contributed by atoms with Crippen LogP contribution in [0.4, 0.5) is 5.69 Å². The molecule has 2 saturated heterocycles. The normalized spacial score (nSPS) is 12.5. The third-order valence-electron chi connectivity index (χ3n) is 12.1. The highest BCUT2D eigenvalue weighted by molar-refractivity contribution is 5.96. The third-order valence-corrected chi connectivity index (χ3v) is 12.1. The Morgan fingerprint density at radius 3 is 1.53 bits per heavy atom. The Kier molecular flexibility index (Phi) is 133. The average Bonchev–Trinajstić information content (AvgIpc) is 0.815. The van der Waals surface area contributed by atoms with Gasteiger partial charge in [-0.05, 0) is 147 Å². The summed E-state index contributed by atoms with van der Waals surface area (Å²) in [5, 5.41) is 36.8. The molecule has 2 bridgehead atoms. The van der Waals surface area contributed by atoms with E-state index in [2.05, 4.69) is 57.1 Å². The zero-order valence-electron chi connectivity index (χ0n) is 58.0. The quantitative estimate of drug-likeness (QED) is 0.0425. The molecule has 0 spiro atoms. The highest BCUT2D eigenvalue weighted by Crippen LogP contribution is 2.33. The lowest BCUT2D eigenvalue weighted by Crippen LogP contribution is -2.49. The molecular weight excluding hydrogens is 1280 g/mol. The Labute approximate surface area is 616 Å². The van der Waals surface area contributed by atoms with Crippen molar-refractivity contribution >= 4 is 53.2 Å². The molecule has 2 aromatic rings. The Balaban J connectivity index is -0.0000000514. The van der Waals surface area contributed by atoms with Crippen LogP contribution < -0.4 is 26.0 Å². The van der Waals surface area contributed by atoms with E-state index in [0.29, 0.717) is 65.3 Å². The zero-order valence-corrected chi connectivity index (χ0v) is 58.0. The first kappa shape index (κ1) is 137. The molecule has 1 saturated carbocycles. The fraction of sp³-hybridized carbons (Fsp3) is 0.740. The average molecular weight is 1450 g/mol. The van der Waals surface area contributed by atoms with Crippen LogP contribution in [0.1, 0.15) is 259 Å². The van der Waals surface area contributed by atoms with Crippen LogP contribution in [0.5, 0.6) is 5.75 Å². The number of hydrogen-bond acceptors (Lipinski definition) is 17. The van der Waals surface area contributed by atoms with Gasteiger partial charge in [-0.25, -0.2) is 0 Å². The van der Waals surface area contributed by atoms with E-state index in [1.165, 1.54) is 43.9 Å². The van der Waals surface area contributed by atoms with Gasteiger partial charge in [-0.1, -0.05) is 154 Å². The number of nitrogens with zero attached hydrogens (tertiary/aromatic N) is 3. The minimum Gasteiger partial charge on any atom is -0.497 e. The van der Waals surface area contributed by atoms with Crippen LogP contribution in [0.15, 0.2) is 42.5 Å². The van der Waals surface area contributed by atoms with E-state index < -0.39 is 17.8 Å². The molecule has 6 rings (SSSR count). The summed E-state index contributed by atoms with van der Waals surface area (Å²) in [6.45, 7) is 33.7. The molecule has 3 fully saturated rings. The second kappa shape index (κ2) is 96.9. The molecule has 3 atom stereocenters. The van der Waals surface area contributed by atoms with Gasteiger partial charge < -0.3 is 75.2 Å². The van der Waals surface area contributed by atoms with Gasteiger partial charge >= 0.3 is 17.9 Å². The van der Waals surface area contributed by atoms with Crippen molar-refractivity contribution < 1.29 is 82.5 Å². The van der Waals surface area contributed by atoms with Crippen molar-refractivity contribution in [1.82, 2.24) is 20.4 Å². The number of primary amides is 1. The molecule has 2 aromatic carbocycles. The van der Waals surface area contributed by atoms with Crippen molar-refractivity contribution in [1.29, 1.82) is 0 Å². The number of hydrogen-bond donors (Lipinski definition) is 7. The number of methoxy groups -OCH3 is 2. The number of nitrogens with one attached hydrogen (secondary N) is 2. The zero-order chi connectivity index (χ0) is 69.5. The molecule has 23 heteroatoms. The van der Waals surface area contributed by atoms with Gasteiger partial charge in [-0.15, -0.1) is 0 Å². The minimum absolute atomic E-state index is 0. The molecule has 1 aliphatic carbocycles. The Morgan fingerprint density at radius 1 is 0.700 bits per heavy atom. The summed E-state index contributed by atoms with van der Waals surface area (Å²) in [4.78, 5) is 87.9. The van der Waals surface area contributed by atoms with E-state index >= 15 is 0 Å². The van der Waals surface area contributed by atoms with Crippen LogP contribution in [-0.4, -0.2) is 191 Å². The van der Waals surface area contributed by atoms with Gasteiger partial charge in [0.15, 0.2) is 0 Å². The Morgan fingerprint density at radius 2 is 1.22 bits per heavy atom. The predicted octanol–water partition coefficient (Wildman–Crippen LogP) is 15.6. The first-order valence-corrected chi connectivity index (χ1v) is 31.4. The van der Waals surface area contributed by atoms with Crippen LogP contribution in [-0.2, 0) is 70.3 Å². The fourth-order valence-electron chi connectivity index (χ4n) is 7.34. The van der Waals surface area contributed by atoms with Crippen LogP contribution in [0.2, 0.25) is 0 Å². The highest BCUT2D eigenvalue weighted by Gasteiger charge is 2.32. The van der Waals surface area contributed by atoms with E-state index in [0.717, 1.165) is 100 Å². The number of carboxylic acids is 2. The molecule has 4 aliphatic rings. The largest absolute Gasteiger partial charge is 0.497 e. The molecule has 3 heterocycles. The van der Waals surface area contributed by atoms with Crippen LogP contribution >= 0.6 is 0 Å². The number of esters is 2. The molecule has 606 valence electrons. The smallest absolute Gasteiger partial charge is 0.305 e. The molecular formula is C77H166N6O17. The number of amides is 4. The number of likely N-dealkylation sites (N-methyl/N-ethyl adjacent to an activating group) is 2. The summed E-state index contributed by atoms with van der Waals surface area (Å²) in [5.74, 6) is 0.754. The van der Waals surface area contributed by atoms with Gasteiger partial charge in [-0.3, -0.25) is 38.4 Å². The van der Waals surface area contributed by atoms with Crippen molar-refractivity contribution in [3.8, 4) is 5.75 Å². The number of nitrogens with two attached hydrogens (primary N) is 1. The maximum absolute atomic E-state index is 11.9. The Hall–Kier alpha value is -6.24. The van der Waals surface area contributed by atoms with Crippen molar-refractivity contribution in [3.05, 3.63) is 59.2 Å². The monoisotopic (exact) mass is 1450 g/mol. The molecule has 3 aliphatic heterocycles. The minimum atomic E-state index is -0.833. The lowest BCUT2D eigenvalue weighted by atomic mass is 9.75. The second-order valence-corrected chi connectivity index (χ2v) is 20.2. The number of piperidine rings is 2. The van der Waals surface area contributed by atoms with E-state index in [4.69, 9.17) is 45.2 Å². The summed E-state index contributed by atoms with van der Waals surface area (Å²) in [6, 6.07) is 15.1. The lowest BCUT2D eigenvalue weighted by Gasteiger charge is -2.41. The van der Waals surface area contributed by atoms with Gasteiger partial charge in [0.05, 0.1) is 33.5 Å². The SMILES string of the molecule is C.C.C.C.C.C.C.C.C.C.C.CC(=O)O.CC1CC2CCC1NC2.CCC(=O)N(CC)CCN(C)C.CCC(=O)NCC(N)=O.CCC(=O)O.CCCO.CCCO.CCOC(=O)CC.CCOC(C)=O.CCOCc1cccc(OC)c1.COCCCN1C(=O)CCc2ccc(C)cc21. The maximum Gasteiger partial charge on any atom is 0.305 e. The molecule has 8 N–H and O–H groups in total. The second-order valence-electron chi connectivity index (χ2n) is 20.2. The number of ether oxygens (including phenoxy) is 5. The van der Waals surface area contributed by atoms with Crippen LogP contribution in [0.3, 0.4) is 0 Å². The summed E-state index contributed by atoms with van der Waals surface area (Å²) in [7, 11) is 7.39. The third kappa shape index (κ3) is 91.8. The van der Waals surface area contributed by atoms with Gasteiger partial charge in [-0.2, -0.15) is 0 Å². The number of fused-ring (bicyclic) bond motifs is 4. The van der Waals surface area contributed by atoms with Crippen molar-refractivity contribution in [2.45, 2.75) is 268 Å². The van der Waals surface area contributed by atoms with Crippen molar-refractivity contribution in [2.24, 2.45) is 17.6 Å². The van der Waals surface area contributed by atoms with Crippen molar-refractivity contribution in [2.75, 3.05) is 112 Å². The number of aliphatic hydroxyl groups is 2. The van der Waals surface area contributed by atoms with Gasteiger partial charge in [0.1, 0.15) is 5.75 Å². The first-order chi connectivity index (χ1) is 42.1. The van der Waals surface area contributed by atoms with Crippen LogP contribution in [0.25, 0.3) is 0 Å².